The number of hydrogen-bond donors (Lipinski definition) is 2. The number of carbonyl (C=O) groups is 2. The summed E-state index contributed by atoms with van der Waals surface area (Å²) in [5, 5.41) is 6.22. The molecule has 1 saturated heterocycles. The molecule has 118 valence electrons. The van der Waals surface area contributed by atoms with Crippen LogP contribution >= 0.6 is 12.4 Å². The van der Waals surface area contributed by atoms with E-state index in [1.807, 2.05) is 0 Å². The third kappa shape index (κ3) is 8.38. The maximum Gasteiger partial charge on any atom is 0.222 e. The third-order valence-corrected chi connectivity index (χ3v) is 3.63. The number of amides is 2. The molecule has 0 aromatic heterocycles. The van der Waals surface area contributed by atoms with Crippen LogP contribution in [0.3, 0.4) is 0 Å². The number of piperidine rings is 1. The molecule has 0 spiro atoms. The van der Waals surface area contributed by atoms with Crippen molar-refractivity contribution in [3.63, 3.8) is 0 Å². The molecule has 0 unspecified atom stereocenters. The van der Waals surface area contributed by atoms with Crippen LogP contribution in [0, 0.1) is 5.92 Å². The smallest absolute Gasteiger partial charge is 0.222 e. The molecule has 0 bridgehead atoms. The standard InChI is InChI=1S/C14H27N3O2.ClH/c1-17(2)14(19)4-3-9-16-13(18)6-5-12-7-10-15-11-8-12;/h12,15H,3-11H2,1-2H3,(H,16,18);1H. The van der Waals surface area contributed by atoms with Crippen molar-refractivity contribution in [1.29, 1.82) is 0 Å². The Morgan fingerprint density at radius 1 is 1.20 bits per heavy atom. The molecule has 1 fully saturated rings. The van der Waals surface area contributed by atoms with Crippen LogP contribution < -0.4 is 10.6 Å². The Kier molecular flexibility index (Phi) is 10.5. The van der Waals surface area contributed by atoms with Gasteiger partial charge in [0.15, 0.2) is 0 Å². The van der Waals surface area contributed by atoms with Crippen molar-refractivity contribution in [3.8, 4) is 0 Å². The lowest BCUT2D eigenvalue weighted by molar-refractivity contribution is -0.129. The maximum absolute atomic E-state index is 11.6. The quantitative estimate of drug-likeness (QED) is 0.694. The van der Waals surface area contributed by atoms with Gasteiger partial charge in [-0.1, -0.05) is 0 Å². The first-order chi connectivity index (χ1) is 9.09. The summed E-state index contributed by atoms with van der Waals surface area (Å²) in [5.74, 6) is 0.933. The highest BCUT2D eigenvalue weighted by molar-refractivity contribution is 5.85. The monoisotopic (exact) mass is 305 g/mol. The highest BCUT2D eigenvalue weighted by Gasteiger charge is 2.14. The molecule has 1 heterocycles. The van der Waals surface area contributed by atoms with E-state index in [1.165, 1.54) is 12.8 Å². The Balaban J connectivity index is 0.00000361. The van der Waals surface area contributed by atoms with Crippen LogP contribution in [-0.2, 0) is 9.59 Å². The molecule has 20 heavy (non-hydrogen) atoms. The van der Waals surface area contributed by atoms with Gasteiger partial charge in [0, 0.05) is 33.5 Å². The molecule has 0 aromatic rings. The number of carbonyl (C=O) groups excluding carboxylic acids is 2. The van der Waals surface area contributed by atoms with Gasteiger partial charge in [-0.3, -0.25) is 9.59 Å². The zero-order valence-corrected chi connectivity index (χ0v) is 13.4. The normalized spacial score (nSPS) is 15.3. The van der Waals surface area contributed by atoms with Gasteiger partial charge < -0.3 is 15.5 Å². The summed E-state index contributed by atoms with van der Waals surface area (Å²) in [7, 11) is 3.50. The van der Waals surface area contributed by atoms with E-state index in [0.29, 0.717) is 25.3 Å². The van der Waals surface area contributed by atoms with Crippen LogP contribution in [0.25, 0.3) is 0 Å². The predicted molar refractivity (Wildman–Crippen MR) is 83.0 cm³/mol. The van der Waals surface area contributed by atoms with E-state index < -0.39 is 0 Å². The molecule has 0 atom stereocenters. The Morgan fingerprint density at radius 2 is 1.85 bits per heavy atom. The van der Waals surface area contributed by atoms with Crippen molar-refractivity contribution >= 4 is 24.2 Å². The summed E-state index contributed by atoms with van der Waals surface area (Å²) >= 11 is 0. The van der Waals surface area contributed by atoms with E-state index in [0.717, 1.165) is 25.9 Å². The van der Waals surface area contributed by atoms with Gasteiger partial charge in [-0.25, -0.2) is 0 Å². The molecule has 6 heteroatoms. The summed E-state index contributed by atoms with van der Waals surface area (Å²) < 4.78 is 0. The summed E-state index contributed by atoms with van der Waals surface area (Å²) in [6.07, 6.45) is 5.20. The second-order valence-electron chi connectivity index (χ2n) is 5.47. The molecule has 1 aliphatic rings. The molecular formula is C14H28ClN3O2. The fourth-order valence-electron chi connectivity index (χ4n) is 2.29. The van der Waals surface area contributed by atoms with Crippen molar-refractivity contribution in [2.24, 2.45) is 5.92 Å². The first-order valence-corrected chi connectivity index (χ1v) is 7.27. The summed E-state index contributed by atoms with van der Waals surface area (Å²) in [6.45, 7) is 2.77. The van der Waals surface area contributed by atoms with Gasteiger partial charge in [-0.15, -0.1) is 12.4 Å². The summed E-state index contributed by atoms with van der Waals surface area (Å²) in [6, 6.07) is 0. The van der Waals surface area contributed by atoms with Crippen molar-refractivity contribution in [3.05, 3.63) is 0 Å². The molecule has 2 amide bonds. The van der Waals surface area contributed by atoms with Crippen molar-refractivity contribution in [2.45, 2.75) is 38.5 Å². The molecule has 0 aliphatic carbocycles. The zero-order chi connectivity index (χ0) is 14.1. The van der Waals surface area contributed by atoms with E-state index in [-0.39, 0.29) is 24.2 Å². The zero-order valence-electron chi connectivity index (χ0n) is 12.6. The number of nitrogens with one attached hydrogen (secondary N) is 2. The minimum absolute atomic E-state index is 0. The second-order valence-corrected chi connectivity index (χ2v) is 5.47. The molecule has 5 nitrogen and oxygen atoms in total. The van der Waals surface area contributed by atoms with Crippen LogP contribution in [-0.4, -0.2) is 50.4 Å². The molecule has 0 radical (unpaired) electrons. The van der Waals surface area contributed by atoms with Gasteiger partial charge in [0.2, 0.25) is 11.8 Å². The molecule has 0 aromatic carbocycles. The van der Waals surface area contributed by atoms with Crippen LogP contribution in [0.4, 0.5) is 0 Å². The second kappa shape index (κ2) is 10.9. The van der Waals surface area contributed by atoms with Crippen LogP contribution in [0.15, 0.2) is 0 Å². The molecule has 1 aliphatic heterocycles. The summed E-state index contributed by atoms with van der Waals surface area (Å²) in [4.78, 5) is 24.6. The third-order valence-electron chi connectivity index (χ3n) is 3.63. The average Bonchev–Trinajstić information content (AvgIpc) is 2.42. The van der Waals surface area contributed by atoms with E-state index in [1.54, 1.807) is 19.0 Å². The van der Waals surface area contributed by atoms with E-state index in [2.05, 4.69) is 10.6 Å². The number of nitrogens with zero attached hydrogens (tertiary/aromatic N) is 1. The molecule has 0 saturated carbocycles. The van der Waals surface area contributed by atoms with Gasteiger partial charge in [0.1, 0.15) is 0 Å². The number of rotatable bonds is 7. The molecule has 1 rings (SSSR count). The SMILES string of the molecule is CN(C)C(=O)CCCNC(=O)CCC1CCNCC1.Cl. The lowest BCUT2D eigenvalue weighted by atomic mass is 9.93. The fourth-order valence-corrected chi connectivity index (χ4v) is 2.29. The molecule has 2 N–H and O–H groups in total. The first-order valence-electron chi connectivity index (χ1n) is 7.27. The average molecular weight is 306 g/mol. The Labute approximate surface area is 128 Å². The Bertz CT molecular complexity index is 292. The number of halogens is 1. The van der Waals surface area contributed by atoms with Gasteiger partial charge in [-0.05, 0) is 44.7 Å². The first kappa shape index (κ1) is 19.2. The van der Waals surface area contributed by atoms with E-state index in [9.17, 15) is 9.59 Å². The maximum atomic E-state index is 11.6. The Hall–Kier alpha value is -0.810. The largest absolute Gasteiger partial charge is 0.356 e. The minimum atomic E-state index is 0. The van der Waals surface area contributed by atoms with E-state index >= 15 is 0 Å². The fraction of sp³-hybridized carbons (Fsp3) is 0.857. The minimum Gasteiger partial charge on any atom is -0.356 e. The Morgan fingerprint density at radius 3 is 2.45 bits per heavy atom. The van der Waals surface area contributed by atoms with Gasteiger partial charge in [0.05, 0.1) is 0 Å². The lowest BCUT2D eigenvalue weighted by Crippen LogP contribution is -2.30. The van der Waals surface area contributed by atoms with Crippen LogP contribution in [0.5, 0.6) is 0 Å². The van der Waals surface area contributed by atoms with Crippen LogP contribution in [0.1, 0.15) is 38.5 Å². The van der Waals surface area contributed by atoms with Crippen LogP contribution in [0.2, 0.25) is 0 Å². The highest BCUT2D eigenvalue weighted by Crippen LogP contribution is 2.17. The topological polar surface area (TPSA) is 61.4 Å². The van der Waals surface area contributed by atoms with Gasteiger partial charge in [0.25, 0.3) is 0 Å². The van der Waals surface area contributed by atoms with Gasteiger partial charge >= 0.3 is 0 Å². The highest BCUT2D eigenvalue weighted by atomic mass is 35.5. The predicted octanol–water partition coefficient (Wildman–Crippen LogP) is 1.17. The van der Waals surface area contributed by atoms with E-state index in [4.69, 9.17) is 0 Å². The lowest BCUT2D eigenvalue weighted by Gasteiger charge is -2.22. The number of hydrogen-bond acceptors (Lipinski definition) is 3. The molecular weight excluding hydrogens is 278 g/mol. The van der Waals surface area contributed by atoms with Crippen molar-refractivity contribution < 1.29 is 9.59 Å². The van der Waals surface area contributed by atoms with Gasteiger partial charge in [-0.2, -0.15) is 0 Å². The van der Waals surface area contributed by atoms with Crippen molar-refractivity contribution in [1.82, 2.24) is 15.5 Å². The van der Waals surface area contributed by atoms with Crippen molar-refractivity contribution in [2.75, 3.05) is 33.7 Å². The summed E-state index contributed by atoms with van der Waals surface area (Å²) in [5.41, 5.74) is 0.